The third-order valence-electron chi connectivity index (χ3n) is 3.13. The molecule has 0 fully saturated rings. The minimum Gasteiger partial charge on any atom is -0.384 e. The van der Waals surface area contributed by atoms with Gasteiger partial charge in [-0.1, -0.05) is 45.0 Å². The van der Waals surface area contributed by atoms with Crippen molar-refractivity contribution in [2.24, 2.45) is 0 Å². The van der Waals surface area contributed by atoms with Gasteiger partial charge in [-0.3, -0.25) is 4.98 Å². The Morgan fingerprint density at radius 1 is 1.05 bits per heavy atom. The largest absolute Gasteiger partial charge is 0.384 e. The Morgan fingerprint density at radius 3 is 2.21 bits per heavy atom. The molecule has 0 saturated heterocycles. The van der Waals surface area contributed by atoms with Crippen LogP contribution >= 0.6 is 15.9 Å². The molecule has 1 aromatic carbocycles. The van der Waals surface area contributed by atoms with Crippen LogP contribution in [0.2, 0.25) is 0 Å². The molecule has 0 spiro atoms. The van der Waals surface area contributed by atoms with Gasteiger partial charge in [0.15, 0.2) is 0 Å². The molecular formula is C16H18BrNO. The van der Waals surface area contributed by atoms with Gasteiger partial charge in [-0.2, -0.15) is 0 Å². The van der Waals surface area contributed by atoms with E-state index in [-0.39, 0.29) is 5.41 Å². The van der Waals surface area contributed by atoms with Crippen molar-refractivity contribution in [3.63, 3.8) is 0 Å². The first-order valence-corrected chi connectivity index (χ1v) is 7.06. The van der Waals surface area contributed by atoms with E-state index >= 15 is 0 Å². The van der Waals surface area contributed by atoms with Crippen molar-refractivity contribution in [2.45, 2.75) is 32.3 Å². The second-order valence-corrected chi connectivity index (χ2v) is 6.63. The zero-order valence-corrected chi connectivity index (χ0v) is 13.0. The Morgan fingerprint density at radius 2 is 1.68 bits per heavy atom. The fraction of sp³-hybridized carbons (Fsp3) is 0.312. The average Bonchev–Trinajstić information content (AvgIpc) is 2.37. The SMILES string of the molecule is CC(C)(C)c1ccc(C(O)c2cncc(Br)c2)cc1. The maximum absolute atomic E-state index is 10.3. The Balaban J connectivity index is 2.27. The second-order valence-electron chi connectivity index (χ2n) is 5.71. The lowest BCUT2D eigenvalue weighted by Crippen LogP contribution is -2.11. The summed E-state index contributed by atoms with van der Waals surface area (Å²) in [6.45, 7) is 6.53. The Labute approximate surface area is 122 Å². The van der Waals surface area contributed by atoms with Crippen molar-refractivity contribution in [1.29, 1.82) is 0 Å². The first kappa shape index (κ1) is 14.2. The van der Waals surface area contributed by atoms with Crippen LogP contribution in [0.25, 0.3) is 0 Å². The number of pyridine rings is 1. The number of aliphatic hydroxyl groups is 1. The summed E-state index contributed by atoms with van der Waals surface area (Å²) >= 11 is 3.37. The van der Waals surface area contributed by atoms with E-state index in [2.05, 4.69) is 53.8 Å². The van der Waals surface area contributed by atoms with Crippen LogP contribution in [-0.2, 0) is 5.41 Å². The normalized spacial score (nSPS) is 13.3. The third kappa shape index (κ3) is 3.43. The molecule has 0 aliphatic carbocycles. The summed E-state index contributed by atoms with van der Waals surface area (Å²) < 4.78 is 0.871. The molecule has 0 aliphatic rings. The smallest absolute Gasteiger partial charge is 0.106 e. The topological polar surface area (TPSA) is 33.1 Å². The average molecular weight is 320 g/mol. The van der Waals surface area contributed by atoms with Crippen LogP contribution in [-0.4, -0.2) is 10.1 Å². The van der Waals surface area contributed by atoms with Gasteiger partial charge in [-0.15, -0.1) is 0 Å². The van der Waals surface area contributed by atoms with E-state index in [9.17, 15) is 5.11 Å². The molecule has 2 rings (SSSR count). The predicted octanol–water partition coefficient (Wildman–Crippen LogP) is 4.22. The van der Waals surface area contributed by atoms with Gasteiger partial charge in [-0.05, 0) is 38.5 Å². The molecule has 1 heterocycles. The lowest BCUT2D eigenvalue weighted by atomic mass is 9.86. The van der Waals surface area contributed by atoms with Crippen molar-refractivity contribution >= 4 is 15.9 Å². The molecule has 0 amide bonds. The first-order chi connectivity index (χ1) is 8.88. The van der Waals surface area contributed by atoms with E-state index in [1.807, 2.05) is 18.2 Å². The number of hydrogen-bond acceptors (Lipinski definition) is 2. The van der Waals surface area contributed by atoms with Gasteiger partial charge in [0.25, 0.3) is 0 Å². The highest BCUT2D eigenvalue weighted by Gasteiger charge is 2.15. The lowest BCUT2D eigenvalue weighted by Gasteiger charge is -2.20. The summed E-state index contributed by atoms with van der Waals surface area (Å²) in [5.74, 6) is 0. The minimum absolute atomic E-state index is 0.126. The van der Waals surface area contributed by atoms with Gasteiger partial charge in [0.1, 0.15) is 6.10 Å². The number of nitrogens with zero attached hydrogens (tertiary/aromatic N) is 1. The van der Waals surface area contributed by atoms with Crippen LogP contribution in [0, 0.1) is 0 Å². The van der Waals surface area contributed by atoms with Crippen LogP contribution < -0.4 is 0 Å². The number of aromatic nitrogens is 1. The monoisotopic (exact) mass is 319 g/mol. The second kappa shape index (κ2) is 5.43. The van der Waals surface area contributed by atoms with Crippen LogP contribution in [0.4, 0.5) is 0 Å². The van der Waals surface area contributed by atoms with Crippen molar-refractivity contribution in [3.05, 3.63) is 63.9 Å². The molecule has 0 radical (unpaired) electrons. The van der Waals surface area contributed by atoms with E-state index in [4.69, 9.17) is 0 Å². The van der Waals surface area contributed by atoms with E-state index in [1.54, 1.807) is 12.4 Å². The van der Waals surface area contributed by atoms with Crippen molar-refractivity contribution < 1.29 is 5.11 Å². The van der Waals surface area contributed by atoms with Crippen LogP contribution in [0.1, 0.15) is 43.6 Å². The van der Waals surface area contributed by atoms with Crippen LogP contribution in [0.5, 0.6) is 0 Å². The zero-order valence-electron chi connectivity index (χ0n) is 11.4. The van der Waals surface area contributed by atoms with Gasteiger partial charge >= 0.3 is 0 Å². The van der Waals surface area contributed by atoms with Crippen molar-refractivity contribution in [1.82, 2.24) is 4.98 Å². The van der Waals surface area contributed by atoms with Gasteiger partial charge in [0, 0.05) is 22.4 Å². The van der Waals surface area contributed by atoms with E-state index in [0.29, 0.717) is 0 Å². The lowest BCUT2D eigenvalue weighted by molar-refractivity contribution is 0.219. The summed E-state index contributed by atoms with van der Waals surface area (Å²) in [7, 11) is 0. The third-order valence-corrected chi connectivity index (χ3v) is 3.57. The molecular weight excluding hydrogens is 302 g/mol. The van der Waals surface area contributed by atoms with Gasteiger partial charge in [0.05, 0.1) is 0 Å². The molecule has 1 unspecified atom stereocenters. The number of aliphatic hydroxyl groups excluding tert-OH is 1. The molecule has 1 aromatic heterocycles. The highest BCUT2D eigenvalue weighted by molar-refractivity contribution is 9.10. The fourth-order valence-electron chi connectivity index (χ4n) is 1.94. The minimum atomic E-state index is -0.640. The Kier molecular flexibility index (Phi) is 4.07. The molecule has 3 heteroatoms. The Bertz CT molecular complexity index is 558. The van der Waals surface area contributed by atoms with Gasteiger partial charge in [0.2, 0.25) is 0 Å². The highest BCUT2D eigenvalue weighted by atomic mass is 79.9. The molecule has 19 heavy (non-hydrogen) atoms. The molecule has 1 N–H and O–H groups in total. The fourth-order valence-corrected chi connectivity index (χ4v) is 2.32. The molecule has 0 bridgehead atoms. The Hall–Kier alpha value is -1.19. The van der Waals surface area contributed by atoms with Crippen LogP contribution in [0.15, 0.2) is 47.2 Å². The number of rotatable bonds is 2. The molecule has 2 nitrogen and oxygen atoms in total. The molecule has 0 aliphatic heterocycles. The van der Waals surface area contributed by atoms with E-state index in [1.165, 1.54) is 5.56 Å². The highest BCUT2D eigenvalue weighted by Crippen LogP contribution is 2.27. The van der Waals surface area contributed by atoms with E-state index in [0.717, 1.165) is 15.6 Å². The van der Waals surface area contributed by atoms with E-state index < -0.39 is 6.10 Å². The summed E-state index contributed by atoms with van der Waals surface area (Å²) in [4.78, 5) is 4.08. The number of benzene rings is 1. The number of hydrogen-bond donors (Lipinski definition) is 1. The summed E-state index contributed by atoms with van der Waals surface area (Å²) in [5, 5.41) is 10.3. The quantitative estimate of drug-likeness (QED) is 0.898. The molecule has 0 saturated carbocycles. The molecule has 1 atom stereocenters. The van der Waals surface area contributed by atoms with Gasteiger partial charge in [-0.25, -0.2) is 0 Å². The summed E-state index contributed by atoms with van der Waals surface area (Å²) in [6, 6.07) is 9.99. The predicted molar refractivity (Wildman–Crippen MR) is 81.1 cm³/mol. The number of halogens is 1. The molecule has 100 valence electrons. The molecule has 2 aromatic rings. The zero-order chi connectivity index (χ0) is 14.0. The van der Waals surface area contributed by atoms with Gasteiger partial charge < -0.3 is 5.11 Å². The maximum Gasteiger partial charge on any atom is 0.106 e. The standard InChI is InChI=1S/C16H18BrNO/c1-16(2,3)13-6-4-11(5-7-13)15(19)12-8-14(17)10-18-9-12/h4-10,15,19H,1-3H3. The first-order valence-electron chi connectivity index (χ1n) is 6.27. The van der Waals surface area contributed by atoms with Crippen molar-refractivity contribution in [3.8, 4) is 0 Å². The van der Waals surface area contributed by atoms with Crippen LogP contribution in [0.3, 0.4) is 0 Å². The summed E-state index contributed by atoms with van der Waals surface area (Å²) in [6.07, 6.45) is 2.76. The van der Waals surface area contributed by atoms with Crippen molar-refractivity contribution in [2.75, 3.05) is 0 Å². The summed E-state index contributed by atoms with van der Waals surface area (Å²) in [5.41, 5.74) is 3.06. The maximum atomic E-state index is 10.3.